The van der Waals surface area contributed by atoms with Crippen molar-refractivity contribution < 1.29 is 5.11 Å². The van der Waals surface area contributed by atoms with Crippen LogP contribution in [0.1, 0.15) is 43.5 Å². The van der Waals surface area contributed by atoms with Crippen LogP contribution in [0, 0.1) is 0 Å². The largest absolute Gasteiger partial charge is 0.384 e. The number of nitrogens with one attached hydrogen (secondary N) is 1. The summed E-state index contributed by atoms with van der Waals surface area (Å²) in [6.07, 6.45) is 0. The molecule has 116 valence electrons. The number of aromatic nitrogens is 2. The number of rotatable bonds is 6. The van der Waals surface area contributed by atoms with Gasteiger partial charge in [0.15, 0.2) is 0 Å². The quantitative estimate of drug-likeness (QED) is 0.856. The highest BCUT2D eigenvalue weighted by atomic mass is 35.5. The van der Waals surface area contributed by atoms with Gasteiger partial charge in [0, 0.05) is 25.7 Å². The lowest BCUT2D eigenvalue weighted by Gasteiger charge is -2.23. The van der Waals surface area contributed by atoms with Crippen molar-refractivity contribution in [2.75, 3.05) is 6.54 Å². The maximum absolute atomic E-state index is 10.5. The molecule has 0 radical (unpaired) electrons. The number of hydrogen-bond acceptors (Lipinski definition) is 4. The molecule has 1 atom stereocenters. The van der Waals surface area contributed by atoms with Crippen molar-refractivity contribution in [2.45, 2.75) is 38.8 Å². The van der Waals surface area contributed by atoms with Crippen LogP contribution in [0.25, 0.3) is 0 Å². The first kappa shape index (κ1) is 16.5. The van der Waals surface area contributed by atoms with Crippen molar-refractivity contribution in [1.82, 2.24) is 15.1 Å². The van der Waals surface area contributed by atoms with Crippen LogP contribution in [0.2, 0.25) is 5.15 Å². The molecule has 1 unspecified atom stereocenters. The molecule has 0 aliphatic heterocycles. The van der Waals surface area contributed by atoms with Crippen molar-refractivity contribution in [1.29, 1.82) is 0 Å². The summed E-state index contributed by atoms with van der Waals surface area (Å²) in [6.45, 7) is 7.08. The molecular formula is C15H22ClN3OS. The molecule has 6 heteroatoms. The first-order chi connectivity index (χ1) is 9.83. The smallest absolute Gasteiger partial charge is 0.131 e. The Kier molecular flexibility index (Phi) is 5.09. The van der Waals surface area contributed by atoms with Crippen LogP contribution in [0.4, 0.5) is 0 Å². The van der Waals surface area contributed by atoms with Crippen molar-refractivity contribution >= 4 is 22.9 Å². The van der Waals surface area contributed by atoms with Crippen LogP contribution in [0.15, 0.2) is 16.8 Å². The summed E-state index contributed by atoms with van der Waals surface area (Å²) in [7, 11) is 1.85. The fraction of sp³-hybridized carbons (Fsp3) is 0.533. The third kappa shape index (κ3) is 3.66. The Labute approximate surface area is 134 Å². The van der Waals surface area contributed by atoms with Crippen molar-refractivity contribution in [3.05, 3.63) is 38.8 Å². The zero-order chi connectivity index (χ0) is 15.6. The Morgan fingerprint density at radius 3 is 2.81 bits per heavy atom. The van der Waals surface area contributed by atoms with Crippen LogP contribution in [-0.2, 0) is 19.2 Å². The lowest BCUT2D eigenvalue weighted by molar-refractivity contribution is 0.0571. The minimum atomic E-state index is -0.882. The van der Waals surface area contributed by atoms with E-state index in [-0.39, 0.29) is 0 Å². The molecule has 2 aromatic rings. The van der Waals surface area contributed by atoms with E-state index in [0.29, 0.717) is 24.2 Å². The van der Waals surface area contributed by atoms with E-state index in [1.165, 1.54) is 0 Å². The summed E-state index contributed by atoms with van der Waals surface area (Å²) < 4.78 is 1.70. The minimum absolute atomic E-state index is 0.317. The summed E-state index contributed by atoms with van der Waals surface area (Å²) in [4.78, 5) is 0. The molecule has 0 aliphatic carbocycles. The Morgan fingerprint density at radius 2 is 2.24 bits per heavy atom. The molecular weight excluding hydrogens is 306 g/mol. The van der Waals surface area contributed by atoms with Gasteiger partial charge < -0.3 is 10.4 Å². The van der Waals surface area contributed by atoms with Crippen LogP contribution in [0.5, 0.6) is 0 Å². The average molecular weight is 328 g/mol. The molecule has 2 aromatic heterocycles. The molecule has 4 nitrogen and oxygen atoms in total. The van der Waals surface area contributed by atoms with Gasteiger partial charge in [0.2, 0.25) is 0 Å². The summed E-state index contributed by atoms with van der Waals surface area (Å²) in [6, 6.07) is 1.95. The van der Waals surface area contributed by atoms with E-state index in [1.54, 1.807) is 16.0 Å². The molecule has 0 fully saturated rings. The Morgan fingerprint density at radius 1 is 1.52 bits per heavy atom. The number of aliphatic hydroxyl groups is 1. The molecule has 2 N–H and O–H groups in total. The Bertz CT molecular complexity index is 590. The molecule has 0 amide bonds. The van der Waals surface area contributed by atoms with Crippen LogP contribution >= 0.6 is 22.9 Å². The van der Waals surface area contributed by atoms with E-state index in [0.717, 1.165) is 16.8 Å². The highest BCUT2D eigenvalue weighted by Crippen LogP contribution is 2.26. The van der Waals surface area contributed by atoms with E-state index >= 15 is 0 Å². The first-order valence-corrected chi connectivity index (χ1v) is 8.32. The first-order valence-electron chi connectivity index (χ1n) is 7.00. The van der Waals surface area contributed by atoms with E-state index in [2.05, 4.69) is 24.3 Å². The second kappa shape index (κ2) is 6.48. The van der Waals surface area contributed by atoms with Crippen molar-refractivity contribution in [3.8, 4) is 0 Å². The zero-order valence-corrected chi connectivity index (χ0v) is 14.4. The number of thiophene rings is 1. The van der Waals surface area contributed by atoms with Gasteiger partial charge in [0.05, 0.1) is 11.3 Å². The monoisotopic (exact) mass is 327 g/mol. The summed E-state index contributed by atoms with van der Waals surface area (Å²) in [5.74, 6) is 0.317. The lowest BCUT2D eigenvalue weighted by atomic mass is 9.99. The zero-order valence-electron chi connectivity index (χ0n) is 12.9. The maximum Gasteiger partial charge on any atom is 0.131 e. The van der Waals surface area contributed by atoms with Crippen LogP contribution < -0.4 is 5.32 Å². The molecule has 0 saturated heterocycles. The predicted molar refractivity (Wildman–Crippen MR) is 87.9 cm³/mol. The van der Waals surface area contributed by atoms with Gasteiger partial charge in [-0.25, -0.2) is 0 Å². The molecule has 21 heavy (non-hydrogen) atoms. The number of halogens is 1. The molecule has 0 aliphatic rings. The number of nitrogens with zero attached hydrogens (tertiary/aromatic N) is 2. The number of hydrogen-bond donors (Lipinski definition) is 2. The van der Waals surface area contributed by atoms with Gasteiger partial charge in [0.1, 0.15) is 5.15 Å². The summed E-state index contributed by atoms with van der Waals surface area (Å²) in [5, 5.41) is 22.8. The normalized spacial score (nSPS) is 14.6. The van der Waals surface area contributed by atoms with E-state index in [4.69, 9.17) is 11.6 Å². The van der Waals surface area contributed by atoms with Gasteiger partial charge in [0.25, 0.3) is 0 Å². The topological polar surface area (TPSA) is 50.1 Å². The Hall–Kier alpha value is -0.880. The fourth-order valence-electron chi connectivity index (χ4n) is 2.30. The van der Waals surface area contributed by atoms with Crippen molar-refractivity contribution in [3.63, 3.8) is 0 Å². The van der Waals surface area contributed by atoms with Gasteiger partial charge in [-0.3, -0.25) is 4.68 Å². The van der Waals surface area contributed by atoms with Gasteiger partial charge in [-0.2, -0.15) is 16.4 Å². The molecule has 2 rings (SSSR count). The van der Waals surface area contributed by atoms with E-state index in [1.807, 2.05) is 30.8 Å². The third-order valence-corrected chi connectivity index (χ3v) is 4.72. The molecule has 0 aromatic carbocycles. The third-order valence-electron chi connectivity index (χ3n) is 3.56. The lowest BCUT2D eigenvalue weighted by Crippen LogP contribution is -2.34. The molecule has 0 bridgehead atoms. The van der Waals surface area contributed by atoms with E-state index < -0.39 is 5.60 Å². The fourth-order valence-corrected chi connectivity index (χ4v) is 3.28. The highest BCUT2D eigenvalue weighted by molar-refractivity contribution is 7.08. The standard InChI is InChI=1S/C15H22ClN3OS/c1-10(2)13-12(14(16)19(4)18-13)7-17-9-15(3,20)11-5-6-21-8-11/h5-6,8,10,17,20H,7,9H2,1-4H3. The highest BCUT2D eigenvalue weighted by Gasteiger charge is 2.24. The summed E-state index contributed by atoms with van der Waals surface area (Å²) >= 11 is 7.89. The van der Waals surface area contributed by atoms with Gasteiger partial charge in [-0.05, 0) is 35.2 Å². The number of aryl methyl sites for hydroxylation is 1. The minimum Gasteiger partial charge on any atom is -0.384 e. The molecule has 2 heterocycles. The second-order valence-corrected chi connectivity index (χ2v) is 6.96. The maximum atomic E-state index is 10.5. The van der Waals surface area contributed by atoms with Crippen LogP contribution in [-0.4, -0.2) is 21.4 Å². The molecule has 0 saturated carbocycles. The Balaban J connectivity index is 2.04. The summed E-state index contributed by atoms with van der Waals surface area (Å²) in [5.41, 5.74) is 2.06. The van der Waals surface area contributed by atoms with Gasteiger partial charge in [-0.15, -0.1) is 0 Å². The average Bonchev–Trinajstić information content (AvgIpc) is 3.02. The molecule has 0 spiro atoms. The second-order valence-electron chi connectivity index (χ2n) is 5.82. The van der Waals surface area contributed by atoms with E-state index in [9.17, 15) is 5.11 Å². The SMILES string of the molecule is CC(C)c1nn(C)c(Cl)c1CNCC(C)(O)c1ccsc1. The van der Waals surface area contributed by atoms with Gasteiger partial charge in [-0.1, -0.05) is 25.4 Å². The van der Waals surface area contributed by atoms with Crippen LogP contribution in [0.3, 0.4) is 0 Å². The van der Waals surface area contributed by atoms with Crippen molar-refractivity contribution in [2.24, 2.45) is 7.05 Å². The predicted octanol–water partition coefficient (Wildman–Crippen LogP) is 3.26. The van der Waals surface area contributed by atoms with Gasteiger partial charge >= 0.3 is 0 Å².